The molecule has 106 valence electrons. The Morgan fingerprint density at radius 3 is 2.37 bits per heavy atom. The van der Waals surface area contributed by atoms with E-state index in [4.69, 9.17) is 0 Å². The maximum Gasteiger partial charge on any atom is 0.0537 e. The molecule has 0 radical (unpaired) electrons. The van der Waals surface area contributed by atoms with Crippen LogP contribution in [-0.4, -0.2) is 35.7 Å². The van der Waals surface area contributed by atoms with Gasteiger partial charge in [0.05, 0.1) is 6.61 Å². The summed E-state index contributed by atoms with van der Waals surface area (Å²) in [5, 5.41) is 9.90. The number of aliphatic hydroxyl groups is 1. The van der Waals surface area contributed by atoms with Crippen LogP contribution in [0, 0.1) is 5.92 Å². The second-order valence-corrected chi connectivity index (χ2v) is 6.64. The molecule has 1 aromatic rings. The second-order valence-electron chi connectivity index (χ2n) is 6.64. The summed E-state index contributed by atoms with van der Waals surface area (Å²) in [4.78, 5) is 2.58. The molecule has 2 rings (SSSR count). The van der Waals surface area contributed by atoms with Gasteiger partial charge in [-0.25, -0.2) is 0 Å². The fraction of sp³-hybridized carbons (Fsp3) is 0.647. The molecule has 0 saturated heterocycles. The van der Waals surface area contributed by atoms with Crippen molar-refractivity contribution < 1.29 is 5.11 Å². The van der Waals surface area contributed by atoms with Gasteiger partial charge in [0, 0.05) is 24.5 Å². The fourth-order valence-corrected chi connectivity index (χ4v) is 2.77. The Labute approximate surface area is 117 Å². The topological polar surface area (TPSA) is 23.5 Å². The van der Waals surface area contributed by atoms with Crippen LogP contribution in [0.15, 0.2) is 30.3 Å². The molecule has 1 aliphatic rings. The molecule has 1 aliphatic carbocycles. The van der Waals surface area contributed by atoms with Gasteiger partial charge < -0.3 is 5.11 Å². The quantitative estimate of drug-likeness (QED) is 0.815. The molecule has 0 aromatic heterocycles. The van der Waals surface area contributed by atoms with Crippen molar-refractivity contribution in [1.82, 2.24) is 4.90 Å². The van der Waals surface area contributed by atoms with E-state index in [1.807, 2.05) is 6.07 Å². The Morgan fingerprint density at radius 1 is 1.26 bits per heavy atom. The van der Waals surface area contributed by atoms with E-state index in [0.29, 0.717) is 5.92 Å². The molecule has 0 bridgehead atoms. The molecule has 19 heavy (non-hydrogen) atoms. The van der Waals surface area contributed by atoms with Crippen LogP contribution in [0.5, 0.6) is 0 Å². The van der Waals surface area contributed by atoms with Crippen molar-refractivity contribution in [3.63, 3.8) is 0 Å². The first kappa shape index (κ1) is 14.5. The smallest absolute Gasteiger partial charge is 0.0537 e. The molecule has 2 nitrogen and oxygen atoms in total. The first-order valence-corrected chi connectivity index (χ1v) is 7.45. The molecule has 1 fully saturated rings. The molecule has 0 heterocycles. The Kier molecular flexibility index (Phi) is 4.64. The molecule has 0 aliphatic heterocycles. The summed E-state index contributed by atoms with van der Waals surface area (Å²) < 4.78 is 0. The summed E-state index contributed by atoms with van der Waals surface area (Å²) >= 11 is 0. The van der Waals surface area contributed by atoms with E-state index in [9.17, 15) is 5.11 Å². The molecule has 1 aromatic carbocycles. The maximum atomic E-state index is 9.90. The van der Waals surface area contributed by atoms with Crippen LogP contribution >= 0.6 is 0 Å². The third-order valence-electron chi connectivity index (χ3n) is 4.03. The average Bonchev–Trinajstić information content (AvgIpc) is 3.22. The van der Waals surface area contributed by atoms with Gasteiger partial charge in [-0.2, -0.15) is 0 Å². The van der Waals surface area contributed by atoms with Crippen LogP contribution < -0.4 is 0 Å². The molecule has 0 amide bonds. The SMILES string of the molecule is CC(C)CN(CC(C)(CO)c1ccccc1)C1CC1. The Morgan fingerprint density at radius 2 is 1.89 bits per heavy atom. The Hall–Kier alpha value is -0.860. The lowest BCUT2D eigenvalue weighted by Crippen LogP contribution is -2.44. The van der Waals surface area contributed by atoms with Gasteiger partial charge in [-0.1, -0.05) is 51.1 Å². The zero-order valence-electron chi connectivity index (χ0n) is 12.5. The molecule has 0 spiro atoms. The third kappa shape index (κ3) is 3.80. The first-order valence-electron chi connectivity index (χ1n) is 7.45. The number of nitrogens with zero attached hydrogens (tertiary/aromatic N) is 1. The summed E-state index contributed by atoms with van der Waals surface area (Å²) in [7, 11) is 0. The minimum Gasteiger partial charge on any atom is -0.395 e. The second kappa shape index (κ2) is 6.06. The first-order chi connectivity index (χ1) is 9.05. The van der Waals surface area contributed by atoms with E-state index >= 15 is 0 Å². The minimum atomic E-state index is -0.154. The Balaban J connectivity index is 2.12. The van der Waals surface area contributed by atoms with E-state index in [1.165, 1.54) is 18.4 Å². The number of hydrogen-bond donors (Lipinski definition) is 1. The van der Waals surface area contributed by atoms with Crippen molar-refractivity contribution in [2.75, 3.05) is 19.7 Å². The van der Waals surface area contributed by atoms with E-state index < -0.39 is 0 Å². The van der Waals surface area contributed by atoms with Crippen molar-refractivity contribution in [1.29, 1.82) is 0 Å². The van der Waals surface area contributed by atoms with Crippen LogP contribution in [0.4, 0.5) is 0 Å². The van der Waals surface area contributed by atoms with Crippen molar-refractivity contribution in [3.8, 4) is 0 Å². The van der Waals surface area contributed by atoms with Gasteiger partial charge in [-0.15, -0.1) is 0 Å². The van der Waals surface area contributed by atoms with Crippen LogP contribution in [0.2, 0.25) is 0 Å². The third-order valence-corrected chi connectivity index (χ3v) is 4.03. The monoisotopic (exact) mass is 261 g/mol. The lowest BCUT2D eigenvalue weighted by atomic mass is 9.82. The average molecular weight is 261 g/mol. The van der Waals surface area contributed by atoms with E-state index in [1.54, 1.807) is 0 Å². The van der Waals surface area contributed by atoms with Gasteiger partial charge in [0.2, 0.25) is 0 Å². The molecule has 1 atom stereocenters. The lowest BCUT2D eigenvalue weighted by Gasteiger charge is -2.35. The maximum absolute atomic E-state index is 9.90. The van der Waals surface area contributed by atoms with E-state index in [0.717, 1.165) is 19.1 Å². The van der Waals surface area contributed by atoms with Gasteiger partial charge >= 0.3 is 0 Å². The largest absolute Gasteiger partial charge is 0.395 e. The highest BCUT2D eigenvalue weighted by molar-refractivity contribution is 5.25. The number of aliphatic hydroxyl groups excluding tert-OH is 1. The van der Waals surface area contributed by atoms with Gasteiger partial charge in [0.1, 0.15) is 0 Å². The molecule has 2 heteroatoms. The van der Waals surface area contributed by atoms with Gasteiger partial charge in [-0.3, -0.25) is 4.90 Å². The van der Waals surface area contributed by atoms with Crippen LogP contribution in [-0.2, 0) is 5.41 Å². The van der Waals surface area contributed by atoms with Crippen molar-refractivity contribution >= 4 is 0 Å². The Bertz CT molecular complexity index is 386. The minimum absolute atomic E-state index is 0.154. The summed E-state index contributed by atoms with van der Waals surface area (Å²) in [6, 6.07) is 11.2. The van der Waals surface area contributed by atoms with Gasteiger partial charge in [-0.05, 0) is 24.3 Å². The highest BCUT2D eigenvalue weighted by Crippen LogP contribution is 2.32. The molecule has 1 saturated carbocycles. The number of hydrogen-bond acceptors (Lipinski definition) is 2. The number of rotatable bonds is 7. The van der Waals surface area contributed by atoms with Gasteiger partial charge in [0.15, 0.2) is 0 Å². The predicted molar refractivity (Wildman–Crippen MR) is 80.3 cm³/mol. The van der Waals surface area contributed by atoms with Gasteiger partial charge in [0.25, 0.3) is 0 Å². The summed E-state index contributed by atoms with van der Waals surface area (Å²) in [6.07, 6.45) is 2.64. The highest BCUT2D eigenvalue weighted by atomic mass is 16.3. The highest BCUT2D eigenvalue weighted by Gasteiger charge is 2.35. The van der Waals surface area contributed by atoms with Crippen molar-refractivity contribution in [3.05, 3.63) is 35.9 Å². The molecular weight excluding hydrogens is 234 g/mol. The fourth-order valence-electron chi connectivity index (χ4n) is 2.77. The molecule has 1 N–H and O–H groups in total. The molecule has 1 unspecified atom stereocenters. The predicted octanol–water partition coefficient (Wildman–Crippen LogP) is 3.06. The summed E-state index contributed by atoms with van der Waals surface area (Å²) in [6.45, 7) is 9.02. The lowest BCUT2D eigenvalue weighted by molar-refractivity contribution is 0.130. The zero-order chi connectivity index (χ0) is 13.9. The number of benzene rings is 1. The van der Waals surface area contributed by atoms with Crippen LogP contribution in [0.1, 0.15) is 39.2 Å². The van der Waals surface area contributed by atoms with Crippen LogP contribution in [0.3, 0.4) is 0 Å². The van der Waals surface area contributed by atoms with E-state index in [-0.39, 0.29) is 12.0 Å². The van der Waals surface area contributed by atoms with Crippen LogP contribution in [0.25, 0.3) is 0 Å². The summed E-state index contributed by atoms with van der Waals surface area (Å²) in [5.41, 5.74) is 1.09. The summed E-state index contributed by atoms with van der Waals surface area (Å²) in [5.74, 6) is 0.680. The normalized spacial score (nSPS) is 18.8. The molecular formula is C17H27NO. The van der Waals surface area contributed by atoms with Crippen molar-refractivity contribution in [2.24, 2.45) is 5.92 Å². The standard InChI is InChI=1S/C17H27NO/c1-14(2)11-18(16-9-10-16)12-17(3,13-19)15-7-5-4-6-8-15/h4-8,14,16,19H,9-13H2,1-3H3. The zero-order valence-corrected chi connectivity index (χ0v) is 12.5. The van der Waals surface area contributed by atoms with E-state index in [2.05, 4.69) is 49.9 Å². The van der Waals surface area contributed by atoms with Crippen molar-refractivity contribution in [2.45, 2.75) is 45.1 Å².